The molecule has 0 aliphatic carbocycles. The number of rotatable bonds is 4. The monoisotopic (exact) mass is 329 g/mol. The minimum absolute atomic E-state index is 0.152. The van der Waals surface area contributed by atoms with Crippen molar-refractivity contribution in [3.05, 3.63) is 53.3 Å². The third-order valence-corrected chi connectivity index (χ3v) is 3.81. The minimum atomic E-state index is -0.473. The summed E-state index contributed by atoms with van der Waals surface area (Å²) in [6, 6.07) is 10.2. The van der Waals surface area contributed by atoms with E-state index in [1.54, 1.807) is 18.2 Å². The number of hydrogen-bond acceptors (Lipinski definition) is 3. The van der Waals surface area contributed by atoms with Gasteiger partial charge in [-0.25, -0.2) is 4.39 Å². The highest BCUT2D eigenvalue weighted by Crippen LogP contribution is 2.41. The molecule has 3 rings (SSSR count). The van der Waals surface area contributed by atoms with Gasteiger partial charge in [0.05, 0.1) is 5.69 Å². The average molecular weight is 329 g/mol. The van der Waals surface area contributed by atoms with E-state index < -0.39 is 11.7 Å². The van der Waals surface area contributed by atoms with E-state index in [0.717, 1.165) is 17.5 Å². The van der Waals surface area contributed by atoms with E-state index in [4.69, 9.17) is 9.47 Å². The van der Waals surface area contributed by atoms with Crippen LogP contribution >= 0.6 is 0 Å². The van der Waals surface area contributed by atoms with Crippen LogP contribution in [0.1, 0.15) is 25.0 Å². The second kappa shape index (κ2) is 6.15. The van der Waals surface area contributed by atoms with Gasteiger partial charge in [-0.15, -0.1) is 0 Å². The normalized spacial score (nSPS) is 14.7. The molecule has 0 aromatic heterocycles. The van der Waals surface area contributed by atoms with Crippen LogP contribution < -0.4 is 14.8 Å². The average Bonchev–Trinajstić information content (AvgIpc) is 2.83. The highest BCUT2D eigenvalue weighted by atomic mass is 19.1. The molecule has 0 unspecified atom stereocenters. The van der Waals surface area contributed by atoms with Gasteiger partial charge in [0.1, 0.15) is 11.4 Å². The lowest BCUT2D eigenvalue weighted by Gasteiger charge is -2.18. The number of amides is 1. The zero-order chi connectivity index (χ0) is 17.3. The lowest BCUT2D eigenvalue weighted by Crippen LogP contribution is -2.25. The number of fused-ring (bicyclic) bond motifs is 1. The maximum atomic E-state index is 13.7. The molecular formula is C19H20FNO3. The molecule has 24 heavy (non-hydrogen) atoms. The molecule has 5 heteroatoms. The van der Waals surface area contributed by atoms with Gasteiger partial charge in [0, 0.05) is 12.0 Å². The molecule has 2 aromatic rings. The van der Waals surface area contributed by atoms with Gasteiger partial charge >= 0.3 is 0 Å². The molecule has 1 aliphatic heterocycles. The number of para-hydroxylation sites is 1. The van der Waals surface area contributed by atoms with Crippen LogP contribution in [0, 0.1) is 12.7 Å². The fraction of sp³-hybridized carbons (Fsp3) is 0.316. The first-order valence-corrected chi connectivity index (χ1v) is 7.84. The van der Waals surface area contributed by atoms with Crippen molar-refractivity contribution in [2.45, 2.75) is 32.8 Å². The van der Waals surface area contributed by atoms with Gasteiger partial charge in [0.25, 0.3) is 5.91 Å². The number of anilines is 1. The Morgan fingerprint density at radius 2 is 2.12 bits per heavy atom. The van der Waals surface area contributed by atoms with E-state index in [2.05, 4.69) is 5.32 Å². The van der Waals surface area contributed by atoms with Crippen LogP contribution in [0.4, 0.5) is 10.1 Å². The molecule has 1 heterocycles. The lowest BCUT2D eigenvalue weighted by atomic mass is 10.0. The predicted octanol–water partition coefficient (Wildman–Crippen LogP) is 3.87. The number of halogens is 1. The third kappa shape index (κ3) is 3.50. The SMILES string of the molecule is Cc1ccc(F)c(NC(=O)COc2cccc3c2OC(C)(C)C3)c1. The van der Waals surface area contributed by atoms with E-state index in [1.807, 2.05) is 32.9 Å². The minimum Gasteiger partial charge on any atom is -0.483 e. The van der Waals surface area contributed by atoms with Crippen molar-refractivity contribution in [2.24, 2.45) is 0 Å². The zero-order valence-corrected chi connectivity index (χ0v) is 14.0. The van der Waals surface area contributed by atoms with Gasteiger partial charge in [-0.05, 0) is 44.5 Å². The molecule has 0 saturated carbocycles. The topological polar surface area (TPSA) is 47.6 Å². The fourth-order valence-electron chi connectivity index (χ4n) is 2.77. The molecule has 1 aliphatic rings. The van der Waals surface area contributed by atoms with Crippen LogP contribution in [0.2, 0.25) is 0 Å². The van der Waals surface area contributed by atoms with Crippen LogP contribution in [0.15, 0.2) is 36.4 Å². The first kappa shape index (κ1) is 16.3. The second-order valence-electron chi connectivity index (χ2n) is 6.60. The first-order valence-electron chi connectivity index (χ1n) is 7.84. The van der Waals surface area contributed by atoms with Crippen LogP contribution in [0.25, 0.3) is 0 Å². The van der Waals surface area contributed by atoms with Crippen LogP contribution in [0.5, 0.6) is 11.5 Å². The summed E-state index contributed by atoms with van der Waals surface area (Å²) in [6.07, 6.45) is 0.792. The predicted molar refractivity (Wildman–Crippen MR) is 90.1 cm³/mol. The molecule has 0 spiro atoms. The second-order valence-corrected chi connectivity index (χ2v) is 6.60. The fourth-order valence-corrected chi connectivity index (χ4v) is 2.77. The largest absolute Gasteiger partial charge is 0.483 e. The van der Waals surface area contributed by atoms with Crippen molar-refractivity contribution in [1.82, 2.24) is 0 Å². The Balaban J connectivity index is 1.66. The Kier molecular flexibility index (Phi) is 4.18. The summed E-state index contributed by atoms with van der Waals surface area (Å²) in [5.74, 6) is 0.309. The standard InChI is InChI=1S/C19H20FNO3/c1-12-7-8-14(20)15(9-12)21-17(22)11-23-16-6-4-5-13-10-19(2,3)24-18(13)16/h4-9H,10-11H2,1-3H3,(H,21,22). The Morgan fingerprint density at radius 3 is 2.92 bits per heavy atom. The summed E-state index contributed by atoms with van der Waals surface area (Å²) in [7, 11) is 0. The van der Waals surface area contributed by atoms with Crippen molar-refractivity contribution < 1.29 is 18.7 Å². The number of carbonyl (C=O) groups is 1. The molecule has 1 amide bonds. The molecule has 0 saturated heterocycles. The Morgan fingerprint density at radius 1 is 1.33 bits per heavy atom. The Labute approximate surface area is 140 Å². The number of aryl methyl sites for hydroxylation is 1. The van der Waals surface area contributed by atoms with Crippen molar-refractivity contribution in [2.75, 3.05) is 11.9 Å². The van der Waals surface area contributed by atoms with Crippen molar-refractivity contribution in [3.8, 4) is 11.5 Å². The molecular weight excluding hydrogens is 309 g/mol. The third-order valence-electron chi connectivity index (χ3n) is 3.81. The molecule has 1 N–H and O–H groups in total. The van der Waals surface area contributed by atoms with Gasteiger partial charge in [-0.2, -0.15) is 0 Å². The summed E-state index contributed by atoms with van der Waals surface area (Å²) in [5, 5.41) is 2.53. The van der Waals surface area contributed by atoms with Crippen LogP contribution in [-0.4, -0.2) is 18.1 Å². The maximum absolute atomic E-state index is 13.7. The molecule has 0 bridgehead atoms. The van der Waals surface area contributed by atoms with Gasteiger partial charge in [0.2, 0.25) is 0 Å². The number of ether oxygens (including phenoxy) is 2. The molecule has 0 atom stereocenters. The summed E-state index contributed by atoms with van der Waals surface area (Å²) >= 11 is 0. The summed E-state index contributed by atoms with van der Waals surface area (Å²) in [6.45, 7) is 5.62. The van der Waals surface area contributed by atoms with Crippen LogP contribution in [0.3, 0.4) is 0 Å². The van der Waals surface area contributed by atoms with E-state index in [1.165, 1.54) is 6.07 Å². The summed E-state index contributed by atoms with van der Waals surface area (Å²) in [4.78, 5) is 12.0. The zero-order valence-electron chi connectivity index (χ0n) is 14.0. The number of carbonyl (C=O) groups excluding carboxylic acids is 1. The molecule has 4 nitrogen and oxygen atoms in total. The van der Waals surface area contributed by atoms with E-state index in [9.17, 15) is 9.18 Å². The van der Waals surface area contributed by atoms with E-state index in [0.29, 0.717) is 11.5 Å². The van der Waals surface area contributed by atoms with Crippen molar-refractivity contribution in [1.29, 1.82) is 0 Å². The number of benzene rings is 2. The van der Waals surface area contributed by atoms with Crippen LogP contribution in [-0.2, 0) is 11.2 Å². The smallest absolute Gasteiger partial charge is 0.262 e. The molecule has 2 aromatic carbocycles. The van der Waals surface area contributed by atoms with Gasteiger partial charge < -0.3 is 14.8 Å². The Bertz CT molecular complexity index is 786. The van der Waals surface area contributed by atoms with Crippen molar-refractivity contribution >= 4 is 11.6 Å². The van der Waals surface area contributed by atoms with E-state index in [-0.39, 0.29) is 17.9 Å². The lowest BCUT2D eigenvalue weighted by molar-refractivity contribution is -0.118. The number of hydrogen-bond donors (Lipinski definition) is 1. The Hall–Kier alpha value is -2.56. The van der Waals surface area contributed by atoms with Crippen molar-refractivity contribution in [3.63, 3.8) is 0 Å². The van der Waals surface area contributed by atoms with Gasteiger partial charge in [-0.3, -0.25) is 4.79 Å². The summed E-state index contributed by atoms with van der Waals surface area (Å²) in [5.41, 5.74) is 1.79. The molecule has 0 radical (unpaired) electrons. The molecule has 126 valence electrons. The first-order chi connectivity index (χ1) is 11.3. The van der Waals surface area contributed by atoms with E-state index >= 15 is 0 Å². The highest BCUT2D eigenvalue weighted by Gasteiger charge is 2.32. The maximum Gasteiger partial charge on any atom is 0.262 e. The molecule has 0 fully saturated rings. The number of nitrogens with one attached hydrogen (secondary N) is 1. The van der Waals surface area contributed by atoms with Gasteiger partial charge in [0.15, 0.2) is 18.1 Å². The highest BCUT2D eigenvalue weighted by molar-refractivity contribution is 5.92. The van der Waals surface area contributed by atoms with Gasteiger partial charge in [-0.1, -0.05) is 18.2 Å². The quantitative estimate of drug-likeness (QED) is 0.926. The summed E-state index contributed by atoms with van der Waals surface area (Å²) < 4.78 is 25.2.